The number of carbonyl (C=O) groups excluding carboxylic acids is 2. The van der Waals surface area contributed by atoms with Crippen LogP contribution in [0, 0.1) is 5.82 Å². The number of ketones is 1. The number of hydrogen-bond donors (Lipinski definition) is 1. The first-order chi connectivity index (χ1) is 8.50. The van der Waals surface area contributed by atoms with E-state index in [1.165, 1.54) is 13.0 Å². The molecular formula is C13H15FN2O2. The summed E-state index contributed by atoms with van der Waals surface area (Å²) in [5.41, 5.74) is 0.702. The van der Waals surface area contributed by atoms with Gasteiger partial charge in [-0.25, -0.2) is 4.39 Å². The second-order valence-electron chi connectivity index (χ2n) is 4.38. The third-order valence-electron chi connectivity index (χ3n) is 3.16. The van der Waals surface area contributed by atoms with E-state index in [0.717, 1.165) is 0 Å². The Morgan fingerprint density at radius 2 is 2.22 bits per heavy atom. The summed E-state index contributed by atoms with van der Waals surface area (Å²) in [7, 11) is 0. The summed E-state index contributed by atoms with van der Waals surface area (Å²) < 4.78 is 14.0. The second kappa shape index (κ2) is 4.76. The van der Waals surface area contributed by atoms with Crippen molar-refractivity contribution < 1.29 is 14.0 Å². The molecule has 1 fully saturated rings. The lowest BCUT2D eigenvalue weighted by Crippen LogP contribution is -2.54. The van der Waals surface area contributed by atoms with Gasteiger partial charge in [-0.05, 0) is 32.0 Å². The quantitative estimate of drug-likeness (QED) is 0.806. The van der Waals surface area contributed by atoms with Crippen molar-refractivity contribution in [1.29, 1.82) is 0 Å². The van der Waals surface area contributed by atoms with Crippen LogP contribution in [0.3, 0.4) is 0 Å². The zero-order valence-corrected chi connectivity index (χ0v) is 10.4. The van der Waals surface area contributed by atoms with Crippen molar-refractivity contribution in [2.24, 2.45) is 0 Å². The maximum Gasteiger partial charge on any atom is 0.242 e. The molecule has 1 saturated heterocycles. The highest BCUT2D eigenvalue weighted by Crippen LogP contribution is 2.23. The number of Topliss-reactive ketones (excluding diaryl/α,β-unsaturated/α-hetero) is 1. The van der Waals surface area contributed by atoms with Crippen molar-refractivity contribution in [2.45, 2.75) is 19.9 Å². The van der Waals surface area contributed by atoms with Crippen LogP contribution in [0.1, 0.15) is 24.2 Å². The highest BCUT2D eigenvalue weighted by Gasteiger charge is 2.27. The van der Waals surface area contributed by atoms with E-state index in [0.29, 0.717) is 24.3 Å². The fourth-order valence-electron chi connectivity index (χ4n) is 2.07. The fraction of sp³-hybridized carbons (Fsp3) is 0.385. The zero-order chi connectivity index (χ0) is 13.3. The molecule has 4 nitrogen and oxygen atoms in total. The van der Waals surface area contributed by atoms with Crippen molar-refractivity contribution in [3.63, 3.8) is 0 Å². The molecular weight excluding hydrogens is 235 g/mol. The molecule has 1 atom stereocenters. The average molecular weight is 250 g/mol. The summed E-state index contributed by atoms with van der Waals surface area (Å²) in [5, 5.41) is 2.72. The Kier molecular flexibility index (Phi) is 3.32. The minimum atomic E-state index is -0.468. The van der Waals surface area contributed by atoms with Crippen LogP contribution in [0.25, 0.3) is 0 Å². The SMILES string of the molecule is CC(=O)c1ccc(N2CCNC(=O)C2C)c(F)c1. The van der Waals surface area contributed by atoms with Gasteiger partial charge < -0.3 is 10.2 Å². The number of amides is 1. The van der Waals surface area contributed by atoms with E-state index >= 15 is 0 Å². The van der Waals surface area contributed by atoms with Gasteiger partial charge in [0.15, 0.2) is 5.78 Å². The fourth-order valence-corrected chi connectivity index (χ4v) is 2.07. The largest absolute Gasteiger partial charge is 0.356 e. The number of piperazine rings is 1. The molecule has 1 N–H and O–H groups in total. The van der Waals surface area contributed by atoms with Gasteiger partial charge in [0, 0.05) is 18.7 Å². The molecule has 18 heavy (non-hydrogen) atoms. The Balaban J connectivity index is 2.33. The van der Waals surface area contributed by atoms with Gasteiger partial charge in [-0.1, -0.05) is 0 Å². The zero-order valence-electron chi connectivity index (χ0n) is 10.4. The van der Waals surface area contributed by atoms with E-state index in [1.54, 1.807) is 24.0 Å². The van der Waals surface area contributed by atoms with Gasteiger partial charge in [0.05, 0.1) is 5.69 Å². The predicted molar refractivity (Wildman–Crippen MR) is 66.2 cm³/mol. The van der Waals surface area contributed by atoms with Gasteiger partial charge in [0.2, 0.25) is 5.91 Å². The van der Waals surface area contributed by atoms with Crippen LogP contribution in [0.2, 0.25) is 0 Å². The molecule has 1 aromatic carbocycles. The van der Waals surface area contributed by atoms with Crippen molar-refractivity contribution in [2.75, 3.05) is 18.0 Å². The minimum Gasteiger partial charge on any atom is -0.356 e. The number of benzene rings is 1. The molecule has 1 aromatic rings. The third kappa shape index (κ3) is 2.20. The standard InChI is InChI=1S/C13H15FN2O2/c1-8-13(18)15-5-6-16(8)12-4-3-10(9(2)17)7-11(12)14/h3-4,7-8H,5-6H2,1-2H3,(H,15,18). The monoisotopic (exact) mass is 250 g/mol. The molecule has 0 bridgehead atoms. The Morgan fingerprint density at radius 3 is 2.83 bits per heavy atom. The van der Waals surface area contributed by atoms with Crippen molar-refractivity contribution in [3.05, 3.63) is 29.6 Å². The van der Waals surface area contributed by atoms with Gasteiger partial charge in [-0.2, -0.15) is 0 Å². The third-order valence-corrected chi connectivity index (χ3v) is 3.16. The number of hydrogen-bond acceptors (Lipinski definition) is 3. The van der Waals surface area contributed by atoms with Crippen molar-refractivity contribution in [1.82, 2.24) is 5.32 Å². The molecule has 5 heteroatoms. The summed E-state index contributed by atoms with van der Waals surface area (Å²) in [4.78, 5) is 24.4. The highest BCUT2D eigenvalue weighted by atomic mass is 19.1. The molecule has 0 radical (unpaired) electrons. The summed E-state index contributed by atoms with van der Waals surface area (Å²) in [6.07, 6.45) is 0. The van der Waals surface area contributed by atoms with Gasteiger partial charge in [0.1, 0.15) is 11.9 Å². The lowest BCUT2D eigenvalue weighted by atomic mass is 10.1. The smallest absolute Gasteiger partial charge is 0.242 e. The topological polar surface area (TPSA) is 49.4 Å². The highest BCUT2D eigenvalue weighted by molar-refractivity contribution is 5.94. The summed E-state index contributed by atoms with van der Waals surface area (Å²) in [6, 6.07) is 3.95. The van der Waals surface area contributed by atoms with Gasteiger partial charge in [-0.15, -0.1) is 0 Å². The molecule has 0 saturated carbocycles. The van der Waals surface area contributed by atoms with Gasteiger partial charge in [0.25, 0.3) is 0 Å². The molecule has 1 amide bonds. The Bertz CT molecular complexity index is 502. The summed E-state index contributed by atoms with van der Waals surface area (Å²) in [5.74, 6) is -0.759. The van der Waals surface area contributed by atoms with Crippen LogP contribution < -0.4 is 10.2 Å². The maximum atomic E-state index is 14.0. The molecule has 0 aromatic heterocycles. The molecule has 2 rings (SSSR count). The number of halogens is 1. The average Bonchev–Trinajstić information content (AvgIpc) is 2.33. The molecule has 0 aliphatic carbocycles. The molecule has 96 valence electrons. The summed E-state index contributed by atoms with van der Waals surface area (Å²) >= 11 is 0. The Hall–Kier alpha value is -1.91. The predicted octanol–water partition coefficient (Wildman–Crippen LogP) is 1.35. The molecule has 1 heterocycles. The normalized spacial score (nSPS) is 19.6. The van der Waals surface area contributed by atoms with Crippen molar-refractivity contribution in [3.8, 4) is 0 Å². The van der Waals surface area contributed by atoms with Crippen LogP contribution in [0.15, 0.2) is 18.2 Å². The molecule has 1 aliphatic heterocycles. The molecule has 0 spiro atoms. The first kappa shape index (κ1) is 12.5. The van der Waals surface area contributed by atoms with E-state index in [9.17, 15) is 14.0 Å². The molecule has 1 aliphatic rings. The molecule has 1 unspecified atom stereocenters. The van der Waals surface area contributed by atoms with E-state index in [1.807, 2.05) is 0 Å². The number of nitrogens with one attached hydrogen (secondary N) is 1. The number of anilines is 1. The maximum absolute atomic E-state index is 14.0. The van der Waals surface area contributed by atoms with Crippen LogP contribution in [0.4, 0.5) is 10.1 Å². The lowest BCUT2D eigenvalue weighted by molar-refractivity contribution is -0.122. The number of nitrogens with zero attached hydrogens (tertiary/aromatic N) is 1. The van der Waals surface area contributed by atoms with Crippen LogP contribution in [0.5, 0.6) is 0 Å². The first-order valence-corrected chi connectivity index (χ1v) is 5.85. The van der Waals surface area contributed by atoms with Crippen LogP contribution in [-0.2, 0) is 4.79 Å². The second-order valence-corrected chi connectivity index (χ2v) is 4.38. The number of carbonyl (C=O) groups is 2. The van der Waals surface area contributed by atoms with Crippen LogP contribution >= 0.6 is 0 Å². The minimum absolute atomic E-state index is 0.115. The Labute approximate surface area is 105 Å². The number of rotatable bonds is 2. The Morgan fingerprint density at radius 1 is 1.50 bits per heavy atom. The van der Waals surface area contributed by atoms with E-state index < -0.39 is 11.9 Å². The van der Waals surface area contributed by atoms with Crippen molar-refractivity contribution >= 4 is 17.4 Å². The lowest BCUT2D eigenvalue weighted by Gasteiger charge is -2.34. The van der Waals surface area contributed by atoms with Gasteiger partial charge in [-0.3, -0.25) is 9.59 Å². The van der Waals surface area contributed by atoms with E-state index in [2.05, 4.69) is 5.32 Å². The summed E-state index contributed by atoms with van der Waals surface area (Å²) in [6.45, 7) is 4.18. The van der Waals surface area contributed by atoms with Gasteiger partial charge >= 0.3 is 0 Å². The van der Waals surface area contributed by atoms with E-state index in [-0.39, 0.29) is 11.7 Å². The van der Waals surface area contributed by atoms with Crippen LogP contribution in [-0.4, -0.2) is 30.8 Å². The van der Waals surface area contributed by atoms with E-state index in [4.69, 9.17) is 0 Å². The first-order valence-electron chi connectivity index (χ1n) is 5.85.